The standard InChI is InChI=1S/C12H16N2.C2H6.2Rh/c1-13-7-9-14(10-8-13)11-12-5-3-2-4-6-12;1-2;;/h2-3,6H,7-11H2,1H3;1-2H3;;/q-2;;;. The zero-order valence-electron chi connectivity index (χ0n) is 11.3. The van der Waals surface area contributed by atoms with Gasteiger partial charge >= 0.3 is 0 Å². The van der Waals surface area contributed by atoms with Gasteiger partial charge in [0.25, 0.3) is 0 Å². The van der Waals surface area contributed by atoms with Crippen LogP contribution >= 0.6 is 0 Å². The molecule has 0 aromatic heterocycles. The zero-order valence-corrected chi connectivity index (χ0v) is 14.6. The van der Waals surface area contributed by atoms with E-state index in [2.05, 4.69) is 29.0 Å². The van der Waals surface area contributed by atoms with E-state index in [4.69, 9.17) is 0 Å². The van der Waals surface area contributed by atoms with Gasteiger partial charge in [-0.3, -0.25) is 23.8 Å². The molecular weight excluding hydrogens is 402 g/mol. The van der Waals surface area contributed by atoms with Crippen molar-refractivity contribution < 1.29 is 39.0 Å². The van der Waals surface area contributed by atoms with E-state index in [0.29, 0.717) is 0 Å². The minimum absolute atomic E-state index is 0. The Bertz CT molecular complexity index is 272. The maximum absolute atomic E-state index is 3.24. The third-order valence-corrected chi connectivity index (χ3v) is 2.70. The van der Waals surface area contributed by atoms with Gasteiger partial charge in [-0.05, 0) is 13.6 Å². The largest absolute Gasteiger partial charge is 0.319 e. The summed E-state index contributed by atoms with van der Waals surface area (Å²) in [4.78, 5) is 4.84. The van der Waals surface area contributed by atoms with Crippen LogP contribution in [0.5, 0.6) is 0 Å². The van der Waals surface area contributed by atoms with E-state index in [0.717, 1.165) is 6.54 Å². The Morgan fingerprint density at radius 1 is 1.06 bits per heavy atom. The summed E-state index contributed by atoms with van der Waals surface area (Å²) < 4.78 is 0. The van der Waals surface area contributed by atoms with Gasteiger partial charge in [0.15, 0.2) is 0 Å². The van der Waals surface area contributed by atoms with Crippen LogP contribution in [0.25, 0.3) is 0 Å². The Morgan fingerprint density at radius 3 is 2.17 bits per heavy atom. The fraction of sp³-hybridized carbons (Fsp3) is 0.571. The molecule has 0 bridgehead atoms. The molecule has 1 aromatic rings. The fourth-order valence-electron chi connectivity index (χ4n) is 1.73. The van der Waals surface area contributed by atoms with Gasteiger partial charge in [-0.2, -0.15) is 0 Å². The van der Waals surface area contributed by atoms with Crippen molar-refractivity contribution >= 4 is 0 Å². The van der Waals surface area contributed by atoms with Crippen LogP contribution in [0.4, 0.5) is 0 Å². The van der Waals surface area contributed by atoms with Gasteiger partial charge in [-0.15, -0.1) is 0 Å². The van der Waals surface area contributed by atoms with Crippen molar-refractivity contribution in [1.29, 1.82) is 0 Å². The molecule has 2 rings (SSSR count). The van der Waals surface area contributed by atoms with E-state index in [9.17, 15) is 0 Å². The Morgan fingerprint density at radius 2 is 1.67 bits per heavy atom. The summed E-state index contributed by atoms with van der Waals surface area (Å²) in [6, 6.07) is 12.2. The van der Waals surface area contributed by atoms with Crippen molar-refractivity contribution in [2.75, 3.05) is 33.2 Å². The van der Waals surface area contributed by atoms with Gasteiger partial charge < -0.3 is 21.9 Å². The first-order valence-corrected chi connectivity index (χ1v) is 6.12. The number of hydrogen-bond acceptors (Lipinski definition) is 2. The van der Waals surface area contributed by atoms with Crippen molar-refractivity contribution in [3.63, 3.8) is 0 Å². The van der Waals surface area contributed by atoms with Gasteiger partial charge in [0.1, 0.15) is 0 Å². The van der Waals surface area contributed by atoms with E-state index in [-0.39, 0.29) is 39.0 Å². The Kier molecular flexibility index (Phi) is 14.3. The average molecular weight is 424 g/mol. The van der Waals surface area contributed by atoms with Crippen LogP contribution < -0.4 is 0 Å². The van der Waals surface area contributed by atoms with Crippen molar-refractivity contribution in [2.24, 2.45) is 0 Å². The van der Waals surface area contributed by atoms with Crippen molar-refractivity contribution in [3.8, 4) is 0 Å². The van der Waals surface area contributed by atoms with Gasteiger partial charge in [0, 0.05) is 65.1 Å². The Labute approximate surface area is 138 Å². The summed E-state index contributed by atoms with van der Waals surface area (Å²) in [6.45, 7) is 9.71. The smallest absolute Gasteiger partial charge is 0.0107 e. The first-order valence-electron chi connectivity index (χ1n) is 6.12. The summed E-state index contributed by atoms with van der Waals surface area (Å²) in [5.74, 6) is 0. The van der Waals surface area contributed by atoms with Crippen LogP contribution in [-0.2, 0) is 45.5 Å². The van der Waals surface area contributed by atoms with Crippen LogP contribution in [0.15, 0.2) is 18.2 Å². The Balaban J connectivity index is 0. The minimum atomic E-state index is 0. The minimum Gasteiger partial charge on any atom is -0.319 e. The topological polar surface area (TPSA) is 6.48 Å². The predicted octanol–water partition coefficient (Wildman–Crippen LogP) is 2.06. The molecule has 0 amide bonds. The van der Waals surface area contributed by atoms with Crippen LogP contribution in [0, 0.1) is 12.1 Å². The summed E-state index contributed by atoms with van der Waals surface area (Å²) in [7, 11) is 2.18. The molecule has 4 heteroatoms. The van der Waals surface area contributed by atoms with Gasteiger partial charge in [-0.1, -0.05) is 13.8 Å². The monoisotopic (exact) mass is 424 g/mol. The maximum atomic E-state index is 3.24. The zero-order chi connectivity index (χ0) is 11.8. The van der Waals surface area contributed by atoms with Gasteiger partial charge in [0.05, 0.1) is 0 Å². The molecule has 1 heterocycles. The third kappa shape index (κ3) is 7.74. The second-order valence-corrected chi connectivity index (χ2v) is 3.89. The first-order chi connectivity index (χ1) is 7.84. The number of rotatable bonds is 2. The second kappa shape index (κ2) is 12.4. The molecule has 1 aromatic carbocycles. The normalized spacial score (nSPS) is 15.7. The van der Waals surface area contributed by atoms with Gasteiger partial charge in [-0.25, -0.2) is 0 Å². The molecule has 0 spiro atoms. The third-order valence-electron chi connectivity index (χ3n) is 2.70. The van der Waals surface area contributed by atoms with Crippen LogP contribution in [0.1, 0.15) is 19.4 Å². The SMILES string of the molecule is CC.CN1CCN(Cc2[c-]cc[c-]c2)CC1.[Rh].[Rh]. The number of benzene rings is 1. The van der Waals surface area contributed by atoms with Crippen LogP contribution in [0.3, 0.4) is 0 Å². The van der Waals surface area contributed by atoms with E-state index < -0.39 is 0 Å². The molecule has 1 aliphatic rings. The van der Waals surface area contributed by atoms with E-state index in [1.165, 1.54) is 31.7 Å². The Hall–Kier alpha value is 0.387. The fourth-order valence-corrected chi connectivity index (χ4v) is 1.73. The van der Waals surface area contributed by atoms with Gasteiger partial charge in [0.2, 0.25) is 0 Å². The second-order valence-electron chi connectivity index (χ2n) is 3.89. The molecule has 0 aliphatic carbocycles. The molecule has 18 heavy (non-hydrogen) atoms. The van der Waals surface area contributed by atoms with E-state index >= 15 is 0 Å². The quantitative estimate of drug-likeness (QED) is 0.530. The average Bonchev–Trinajstić information content (AvgIpc) is 2.36. The van der Waals surface area contributed by atoms with Crippen LogP contribution in [0.2, 0.25) is 0 Å². The van der Waals surface area contributed by atoms with E-state index in [1.54, 1.807) is 0 Å². The predicted molar refractivity (Wildman–Crippen MR) is 68.2 cm³/mol. The summed E-state index contributed by atoms with van der Waals surface area (Å²) >= 11 is 0. The molecular formula is C14H22N2Rh2-2. The molecule has 2 nitrogen and oxygen atoms in total. The van der Waals surface area contributed by atoms with Crippen LogP contribution in [-0.4, -0.2) is 43.0 Å². The van der Waals surface area contributed by atoms with Crippen molar-refractivity contribution in [1.82, 2.24) is 9.80 Å². The molecule has 0 atom stereocenters. The molecule has 0 unspecified atom stereocenters. The summed E-state index contributed by atoms with van der Waals surface area (Å²) in [5.41, 5.74) is 1.25. The maximum Gasteiger partial charge on any atom is 0.0107 e. The number of hydrogen-bond donors (Lipinski definition) is 0. The molecule has 1 fully saturated rings. The summed E-state index contributed by atoms with van der Waals surface area (Å²) in [5, 5.41) is 0. The molecule has 1 saturated heterocycles. The number of nitrogens with zero attached hydrogens (tertiary/aromatic N) is 2. The van der Waals surface area contributed by atoms with Crippen molar-refractivity contribution in [2.45, 2.75) is 20.4 Å². The van der Waals surface area contributed by atoms with Crippen molar-refractivity contribution in [3.05, 3.63) is 35.9 Å². The molecule has 0 N–H and O–H groups in total. The number of likely N-dealkylation sites (N-methyl/N-ethyl adjacent to an activating group) is 1. The molecule has 0 saturated carbocycles. The molecule has 1 aliphatic heterocycles. The molecule has 108 valence electrons. The first kappa shape index (κ1) is 20.7. The van der Waals surface area contributed by atoms with E-state index in [1.807, 2.05) is 32.0 Å². The summed E-state index contributed by atoms with van der Waals surface area (Å²) in [6.07, 6.45) is 0. The number of piperazine rings is 1. The molecule has 2 radical (unpaired) electrons.